The Balaban J connectivity index is 1.88. The van der Waals surface area contributed by atoms with Crippen molar-refractivity contribution in [2.75, 3.05) is 10.0 Å². The predicted octanol–water partition coefficient (Wildman–Crippen LogP) is 3.41. The molecule has 0 fully saturated rings. The summed E-state index contributed by atoms with van der Waals surface area (Å²) < 4.78 is 53.3. The fraction of sp³-hybridized carbons (Fsp3) is 0.0588. The molecule has 0 unspecified atom stereocenters. The molecule has 0 bridgehead atoms. The zero-order chi connectivity index (χ0) is 19.6. The van der Waals surface area contributed by atoms with Crippen molar-refractivity contribution in [1.29, 1.82) is 5.26 Å². The maximum absolute atomic E-state index is 13.4. The van der Waals surface area contributed by atoms with E-state index in [1.165, 1.54) is 18.2 Å². The lowest BCUT2D eigenvalue weighted by Crippen LogP contribution is -2.14. The topological polar surface area (TPSA) is 111 Å². The molecule has 3 aromatic rings. The van der Waals surface area contributed by atoms with Crippen LogP contribution >= 0.6 is 0 Å². The van der Waals surface area contributed by atoms with E-state index < -0.39 is 15.8 Å². The van der Waals surface area contributed by atoms with Gasteiger partial charge in [-0.1, -0.05) is 0 Å². The number of nitrogens with one attached hydrogen (secondary N) is 3. The molecule has 1 aromatic heterocycles. The van der Waals surface area contributed by atoms with E-state index in [0.717, 1.165) is 24.3 Å². The molecule has 1 heterocycles. The van der Waals surface area contributed by atoms with Crippen LogP contribution in [-0.4, -0.2) is 18.6 Å². The van der Waals surface area contributed by atoms with Gasteiger partial charge in [-0.05, 0) is 55.0 Å². The molecule has 3 N–H and O–H groups in total. The van der Waals surface area contributed by atoms with E-state index >= 15 is 0 Å². The molecule has 138 valence electrons. The number of aromatic nitrogens is 2. The Morgan fingerprint density at radius 3 is 2.48 bits per heavy atom. The second-order valence-electron chi connectivity index (χ2n) is 5.58. The quantitative estimate of drug-likeness (QED) is 0.619. The average Bonchev–Trinajstić information content (AvgIpc) is 2.99. The number of halogens is 2. The zero-order valence-corrected chi connectivity index (χ0v) is 14.7. The van der Waals surface area contributed by atoms with Gasteiger partial charge in [0.15, 0.2) is 5.82 Å². The van der Waals surface area contributed by atoms with Crippen molar-refractivity contribution in [3.63, 3.8) is 0 Å². The van der Waals surface area contributed by atoms with E-state index in [1.54, 1.807) is 6.92 Å². The lowest BCUT2D eigenvalue weighted by atomic mass is 10.2. The van der Waals surface area contributed by atoms with Gasteiger partial charge in [0.1, 0.15) is 29.1 Å². The molecule has 7 nitrogen and oxygen atoms in total. The summed E-state index contributed by atoms with van der Waals surface area (Å²) in [4.78, 5) is -0.181. The number of rotatable bonds is 5. The summed E-state index contributed by atoms with van der Waals surface area (Å²) in [6.07, 6.45) is 0. The van der Waals surface area contributed by atoms with Crippen molar-refractivity contribution in [3.05, 3.63) is 65.2 Å². The molecular formula is C17H13F2N5O2S. The SMILES string of the molecule is Cc1cc(Nc2[nH]nc(NS(=O)(=O)c3ccc(F)cc3)c2C#N)ccc1F. The van der Waals surface area contributed by atoms with Gasteiger partial charge in [-0.2, -0.15) is 10.4 Å². The number of hydrogen-bond acceptors (Lipinski definition) is 5. The summed E-state index contributed by atoms with van der Waals surface area (Å²) in [6, 6.07) is 10.3. The molecule has 0 saturated carbocycles. The minimum atomic E-state index is -4.06. The number of nitrogens with zero attached hydrogens (tertiary/aromatic N) is 2. The van der Waals surface area contributed by atoms with Gasteiger partial charge < -0.3 is 5.32 Å². The van der Waals surface area contributed by atoms with Crippen LogP contribution < -0.4 is 10.0 Å². The molecule has 10 heteroatoms. The first kappa shape index (κ1) is 18.3. The summed E-state index contributed by atoms with van der Waals surface area (Å²) in [5.41, 5.74) is 0.805. The standard InChI is InChI=1S/C17H13F2N5O2S/c1-10-8-12(4-7-15(10)19)21-16-14(9-20)17(23-22-16)24-27(25,26)13-5-2-11(18)3-6-13/h2-8H,1H3,(H3,21,22,23,24). The average molecular weight is 389 g/mol. The number of sulfonamides is 1. The van der Waals surface area contributed by atoms with Crippen LogP contribution in [0.2, 0.25) is 0 Å². The minimum absolute atomic E-state index is 0.0809. The highest BCUT2D eigenvalue weighted by atomic mass is 32.2. The first-order valence-electron chi connectivity index (χ1n) is 7.60. The molecule has 0 aliphatic rings. The molecule has 0 radical (unpaired) electrons. The van der Waals surface area contributed by atoms with Crippen molar-refractivity contribution in [2.45, 2.75) is 11.8 Å². The van der Waals surface area contributed by atoms with Gasteiger partial charge in [0.25, 0.3) is 10.0 Å². The third-order valence-electron chi connectivity index (χ3n) is 3.66. The molecule has 0 saturated heterocycles. The molecule has 0 aliphatic carbocycles. The highest BCUT2D eigenvalue weighted by Gasteiger charge is 2.21. The Morgan fingerprint density at radius 2 is 1.85 bits per heavy atom. The molecule has 2 aromatic carbocycles. The van der Waals surface area contributed by atoms with Crippen LogP contribution in [-0.2, 0) is 10.0 Å². The number of aromatic amines is 1. The Kier molecular flexibility index (Phi) is 4.79. The summed E-state index contributed by atoms with van der Waals surface area (Å²) in [7, 11) is -4.06. The molecule has 0 spiro atoms. The second kappa shape index (κ2) is 7.05. The van der Waals surface area contributed by atoms with Crippen LogP contribution in [0, 0.1) is 29.9 Å². The van der Waals surface area contributed by atoms with Crippen LogP contribution in [0.5, 0.6) is 0 Å². The summed E-state index contributed by atoms with van der Waals surface area (Å²) >= 11 is 0. The lowest BCUT2D eigenvalue weighted by Gasteiger charge is -2.07. The highest BCUT2D eigenvalue weighted by molar-refractivity contribution is 7.92. The van der Waals surface area contributed by atoms with Crippen LogP contribution in [0.3, 0.4) is 0 Å². The Morgan fingerprint density at radius 1 is 1.15 bits per heavy atom. The van der Waals surface area contributed by atoms with E-state index in [1.807, 2.05) is 6.07 Å². The van der Waals surface area contributed by atoms with Crippen LogP contribution in [0.25, 0.3) is 0 Å². The van der Waals surface area contributed by atoms with E-state index in [9.17, 15) is 22.5 Å². The lowest BCUT2D eigenvalue weighted by molar-refractivity contribution is 0.599. The van der Waals surface area contributed by atoms with Crippen LogP contribution in [0.15, 0.2) is 47.4 Å². The Labute approximate surface area is 153 Å². The second-order valence-corrected chi connectivity index (χ2v) is 7.26. The smallest absolute Gasteiger partial charge is 0.263 e. The number of hydrogen-bond donors (Lipinski definition) is 3. The highest BCUT2D eigenvalue weighted by Crippen LogP contribution is 2.26. The van der Waals surface area contributed by atoms with E-state index in [-0.39, 0.29) is 27.9 Å². The number of aryl methyl sites for hydroxylation is 1. The summed E-state index contributed by atoms with van der Waals surface area (Å²) in [6.45, 7) is 1.58. The number of nitriles is 1. The van der Waals surface area contributed by atoms with Crippen molar-refractivity contribution < 1.29 is 17.2 Å². The molecule has 0 amide bonds. The molecule has 3 rings (SSSR count). The number of benzene rings is 2. The largest absolute Gasteiger partial charge is 0.339 e. The molecule has 0 atom stereocenters. The third kappa shape index (κ3) is 3.88. The van der Waals surface area contributed by atoms with Crippen LogP contribution in [0.1, 0.15) is 11.1 Å². The minimum Gasteiger partial charge on any atom is -0.339 e. The van der Waals surface area contributed by atoms with Crippen molar-refractivity contribution in [2.24, 2.45) is 0 Å². The van der Waals surface area contributed by atoms with E-state index in [4.69, 9.17) is 0 Å². The van der Waals surface area contributed by atoms with Gasteiger partial charge >= 0.3 is 0 Å². The Hall–Kier alpha value is -3.45. The maximum Gasteiger partial charge on any atom is 0.263 e. The zero-order valence-electron chi connectivity index (χ0n) is 13.9. The van der Waals surface area contributed by atoms with Gasteiger partial charge in [0, 0.05) is 5.69 Å². The van der Waals surface area contributed by atoms with Crippen molar-refractivity contribution in [3.8, 4) is 6.07 Å². The third-order valence-corrected chi connectivity index (χ3v) is 5.02. The first-order valence-corrected chi connectivity index (χ1v) is 9.08. The summed E-state index contributed by atoms with van der Waals surface area (Å²) in [5, 5.41) is 18.6. The number of H-pyrrole nitrogens is 1. The van der Waals surface area contributed by atoms with Gasteiger partial charge in [-0.25, -0.2) is 17.2 Å². The fourth-order valence-corrected chi connectivity index (χ4v) is 3.30. The van der Waals surface area contributed by atoms with Crippen molar-refractivity contribution in [1.82, 2.24) is 10.2 Å². The first-order chi connectivity index (χ1) is 12.8. The summed E-state index contributed by atoms with van der Waals surface area (Å²) in [5.74, 6) is -1.03. The maximum atomic E-state index is 13.4. The van der Waals surface area contributed by atoms with Crippen molar-refractivity contribution >= 4 is 27.3 Å². The Bertz CT molecular complexity index is 1140. The predicted molar refractivity (Wildman–Crippen MR) is 94.9 cm³/mol. The van der Waals surface area contributed by atoms with E-state index in [0.29, 0.717) is 11.3 Å². The monoisotopic (exact) mass is 389 g/mol. The van der Waals surface area contributed by atoms with E-state index in [2.05, 4.69) is 20.2 Å². The molecular weight excluding hydrogens is 376 g/mol. The molecule has 27 heavy (non-hydrogen) atoms. The molecule has 0 aliphatic heterocycles. The number of anilines is 3. The van der Waals surface area contributed by atoms with Crippen LogP contribution in [0.4, 0.5) is 26.1 Å². The fourth-order valence-electron chi connectivity index (χ4n) is 2.28. The van der Waals surface area contributed by atoms with Gasteiger partial charge in [0.2, 0.25) is 0 Å². The normalized spacial score (nSPS) is 11.0. The van der Waals surface area contributed by atoms with Gasteiger partial charge in [-0.3, -0.25) is 9.82 Å². The van der Waals surface area contributed by atoms with Gasteiger partial charge in [-0.15, -0.1) is 0 Å². The van der Waals surface area contributed by atoms with Gasteiger partial charge in [0.05, 0.1) is 4.90 Å².